The van der Waals surface area contributed by atoms with Crippen molar-refractivity contribution < 1.29 is 5.11 Å². The molecule has 0 aromatic heterocycles. The molecule has 2 rings (SSSR count). The highest BCUT2D eigenvalue weighted by Gasteiger charge is 2.31. The molecule has 0 aliphatic carbocycles. The van der Waals surface area contributed by atoms with Crippen molar-refractivity contribution in [2.75, 3.05) is 0 Å². The van der Waals surface area contributed by atoms with Crippen LogP contribution in [-0.2, 0) is 0 Å². The van der Waals surface area contributed by atoms with Gasteiger partial charge in [-0.3, -0.25) is 0 Å². The zero-order valence-corrected chi connectivity index (χ0v) is 13.6. The molecule has 2 heteroatoms. The topological polar surface area (TPSA) is 20.2 Å². The number of hydrogen-bond donors (Lipinski definition) is 1. The van der Waals surface area contributed by atoms with Crippen LogP contribution in [0.5, 0.6) is 0 Å². The number of aliphatic hydroxyl groups excluding tert-OH is 1. The lowest BCUT2D eigenvalue weighted by Gasteiger charge is -2.32. The molecule has 0 heterocycles. The highest BCUT2D eigenvalue weighted by Crippen LogP contribution is 2.31. The summed E-state index contributed by atoms with van der Waals surface area (Å²) >= 11 is 0. The first-order valence-electron chi connectivity index (χ1n) is 7.30. The van der Waals surface area contributed by atoms with E-state index in [4.69, 9.17) is 0 Å². The molecule has 0 amide bonds. The molecule has 106 valence electrons. The van der Waals surface area contributed by atoms with Crippen LogP contribution in [0, 0.1) is 0 Å². The fourth-order valence-electron chi connectivity index (χ4n) is 2.59. The monoisotopic (exact) mass is 284 g/mol. The van der Waals surface area contributed by atoms with Crippen molar-refractivity contribution in [2.24, 2.45) is 0 Å². The fraction of sp³-hybridized carbons (Fsp3) is 0.333. The Morgan fingerprint density at radius 2 is 1.40 bits per heavy atom. The van der Waals surface area contributed by atoms with E-state index in [9.17, 15) is 5.11 Å². The first-order valence-corrected chi connectivity index (χ1v) is 10.4. The van der Waals surface area contributed by atoms with Gasteiger partial charge in [0.15, 0.2) is 0 Å². The van der Waals surface area contributed by atoms with E-state index in [0.29, 0.717) is 5.54 Å². The highest BCUT2D eigenvalue weighted by molar-refractivity contribution is 6.90. The Morgan fingerprint density at radius 3 is 1.95 bits per heavy atom. The normalized spacial score (nSPS) is 14.8. The molecular formula is C18H24OSi. The Morgan fingerprint density at radius 1 is 0.900 bits per heavy atom. The van der Waals surface area contributed by atoms with Gasteiger partial charge in [-0.2, -0.15) is 0 Å². The molecular weight excluding hydrogens is 260 g/mol. The van der Waals surface area contributed by atoms with Crippen LogP contribution >= 0.6 is 0 Å². The van der Waals surface area contributed by atoms with Crippen LogP contribution in [0.2, 0.25) is 18.6 Å². The molecule has 2 atom stereocenters. The third-order valence-corrected chi connectivity index (χ3v) is 9.03. The summed E-state index contributed by atoms with van der Waals surface area (Å²) in [7, 11) is -1.54. The largest absolute Gasteiger partial charge is 0.388 e. The summed E-state index contributed by atoms with van der Waals surface area (Å²) in [6.07, 6.45) is 0.472. The lowest BCUT2D eigenvalue weighted by molar-refractivity contribution is 0.166. The van der Waals surface area contributed by atoms with Gasteiger partial charge in [-0.05, 0) is 17.5 Å². The first-order chi connectivity index (χ1) is 9.51. The van der Waals surface area contributed by atoms with Crippen LogP contribution in [0.1, 0.15) is 25.0 Å². The van der Waals surface area contributed by atoms with Crippen molar-refractivity contribution in [2.45, 2.75) is 38.1 Å². The van der Waals surface area contributed by atoms with Crippen molar-refractivity contribution in [1.82, 2.24) is 0 Å². The Balaban J connectivity index is 2.10. The van der Waals surface area contributed by atoms with Gasteiger partial charge in [0.1, 0.15) is 0 Å². The number of rotatable bonds is 5. The molecule has 0 unspecified atom stereocenters. The van der Waals surface area contributed by atoms with Crippen molar-refractivity contribution in [1.29, 1.82) is 0 Å². The minimum atomic E-state index is -1.54. The van der Waals surface area contributed by atoms with E-state index in [1.165, 1.54) is 5.19 Å². The van der Waals surface area contributed by atoms with Gasteiger partial charge in [0, 0.05) is 0 Å². The Bertz CT molecular complexity index is 522. The van der Waals surface area contributed by atoms with Crippen LogP contribution in [-0.4, -0.2) is 13.2 Å². The standard InChI is InChI=1S/C18H24OSi/c1-15(14-18(19)16-10-6-4-7-11-16)20(2,3)17-12-8-5-9-13-17/h4-13,15,18-19H,14H2,1-3H3/t15-,18-/m1/s1. The summed E-state index contributed by atoms with van der Waals surface area (Å²) in [4.78, 5) is 0. The summed E-state index contributed by atoms with van der Waals surface area (Å²) in [6.45, 7) is 7.07. The predicted molar refractivity (Wildman–Crippen MR) is 89.0 cm³/mol. The quantitative estimate of drug-likeness (QED) is 0.819. The summed E-state index contributed by atoms with van der Waals surface area (Å²) in [5, 5.41) is 11.9. The van der Waals surface area contributed by atoms with Crippen LogP contribution in [0.25, 0.3) is 0 Å². The molecule has 0 aliphatic rings. The van der Waals surface area contributed by atoms with Crippen LogP contribution in [0.15, 0.2) is 60.7 Å². The van der Waals surface area contributed by atoms with Crippen molar-refractivity contribution >= 4 is 13.3 Å². The summed E-state index contributed by atoms with van der Waals surface area (Å²) in [5.41, 5.74) is 1.55. The van der Waals surface area contributed by atoms with Crippen molar-refractivity contribution in [3.8, 4) is 0 Å². The lowest BCUT2D eigenvalue weighted by atomic mass is 10.1. The van der Waals surface area contributed by atoms with E-state index in [2.05, 4.69) is 50.3 Å². The fourth-order valence-corrected chi connectivity index (χ4v) is 5.03. The maximum absolute atomic E-state index is 10.4. The summed E-state index contributed by atoms with van der Waals surface area (Å²) in [5.74, 6) is 0. The van der Waals surface area contributed by atoms with Crippen LogP contribution in [0.3, 0.4) is 0 Å². The van der Waals surface area contributed by atoms with Gasteiger partial charge < -0.3 is 5.11 Å². The Kier molecular flexibility index (Phi) is 4.79. The summed E-state index contributed by atoms with van der Waals surface area (Å²) < 4.78 is 0. The molecule has 0 fully saturated rings. The second-order valence-corrected chi connectivity index (χ2v) is 11.2. The van der Waals surface area contributed by atoms with E-state index < -0.39 is 8.07 Å². The third kappa shape index (κ3) is 3.38. The molecule has 0 saturated carbocycles. The van der Waals surface area contributed by atoms with Gasteiger partial charge in [-0.25, -0.2) is 0 Å². The molecule has 0 saturated heterocycles. The van der Waals surface area contributed by atoms with Gasteiger partial charge in [-0.1, -0.05) is 85.9 Å². The molecule has 2 aromatic rings. The van der Waals surface area contributed by atoms with Crippen molar-refractivity contribution in [3.05, 3.63) is 66.2 Å². The minimum absolute atomic E-state index is 0.360. The smallest absolute Gasteiger partial charge is 0.0835 e. The third-order valence-electron chi connectivity index (χ3n) is 4.51. The first kappa shape index (κ1) is 15.0. The number of benzene rings is 2. The Labute approximate surface area is 123 Å². The zero-order valence-electron chi connectivity index (χ0n) is 12.6. The van der Waals surface area contributed by atoms with E-state index in [1.54, 1.807) is 0 Å². The van der Waals surface area contributed by atoms with E-state index in [-0.39, 0.29) is 6.10 Å². The van der Waals surface area contributed by atoms with E-state index in [0.717, 1.165) is 12.0 Å². The molecule has 1 N–H and O–H groups in total. The van der Waals surface area contributed by atoms with E-state index >= 15 is 0 Å². The number of aliphatic hydroxyl groups is 1. The molecule has 0 radical (unpaired) electrons. The maximum atomic E-state index is 10.4. The van der Waals surface area contributed by atoms with Gasteiger partial charge >= 0.3 is 0 Å². The molecule has 2 aromatic carbocycles. The molecule has 0 bridgehead atoms. The van der Waals surface area contributed by atoms with Gasteiger partial charge in [-0.15, -0.1) is 0 Å². The second-order valence-electron chi connectivity index (χ2n) is 6.15. The SMILES string of the molecule is C[C@H](C[C@@H](O)c1ccccc1)[Si](C)(C)c1ccccc1. The average Bonchev–Trinajstić information content (AvgIpc) is 2.49. The molecule has 20 heavy (non-hydrogen) atoms. The summed E-state index contributed by atoms with van der Waals surface area (Å²) in [6, 6.07) is 20.7. The molecule has 0 spiro atoms. The number of hydrogen-bond acceptors (Lipinski definition) is 1. The van der Waals surface area contributed by atoms with Gasteiger partial charge in [0.05, 0.1) is 14.2 Å². The van der Waals surface area contributed by atoms with Crippen LogP contribution < -0.4 is 5.19 Å². The lowest BCUT2D eigenvalue weighted by Crippen LogP contribution is -2.45. The maximum Gasteiger partial charge on any atom is 0.0835 e. The highest BCUT2D eigenvalue weighted by atomic mass is 28.3. The van der Waals surface area contributed by atoms with E-state index in [1.807, 2.05) is 30.3 Å². The average molecular weight is 284 g/mol. The molecule has 1 nitrogen and oxygen atoms in total. The van der Waals surface area contributed by atoms with Crippen LogP contribution in [0.4, 0.5) is 0 Å². The predicted octanol–water partition coefficient (Wildman–Crippen LogP) is 4.12. The van der Waals surface area contributed by atoms with Gasteiger partial charge in [0.25, 0.3) is 0 Å². The Hall–Kier alpha value is -1.38. The van der Waals surface area contributed by atoms with Gasteiger partial charge in [0.2, 0.25) is 0 Å². The minimum Gasteiger partial charge on any atom is -0.388 e. The molecule has 0 aliphatic heterocycles. The zero-order chi connectivity index (χ0) is 14.6. The second kappa shape index (κ2) is 6.38. The van der Waals surface area contributed by atoms with Crippen molar-refractivity contribution in [3.63, 3.8) is 0 Å².